The van der Waals surface area contributed by atoms with Crippen molar-refractivity contribution < 1.29 is 42.7 Å². The van der Waals surface area contributed by atoms with Gasteiger partial charge in [-0.15, -0.1) is 0 Å². The molecular formula is C46H54N2O9. The molecular weight excluding hydrogens is 725 g/mol. The molecule has 0 amide bonds. The highest BCUT2D eigenvalue weighted by atomic mass is 16.6. The van der Waals surface area contributed by atoms with Gasteiger partial charge in [0.25, 0.3) is 0 Å². The summed E-state index contributed by atoms with van der Waals surface area (Å²) in [7, 11) is 9.25. The second-order valence-corrected chi connectivity index (χ2v) is 16.2. The number of esters is 2. The van der Waals surface area contributed by atoms with Crippen LogP contribution in [0.5, 0.6) is 46.0 Å². The molecule has 302 valence electrons. The second-order valence-electron chi connectivity index (χ2n) is 16.2. The molecule has 57 heavy (non-hydrogen) atoms. The van der Waals surface area contributed by atoms with E-state index in [0.29, 0.717) is 58.8 Å². The van der Waals surface area contributed by atoms with E-state index in [9.17, 15) is 9.59 Å². The predicted octanol–water partition coefficient (Wildman–Crippen LogP) is 8.57. The maximum absolute atomic E-state index is 13.1. The van der Waals surface area contributed by atoms with Crippen LogP contribution < -0.4 is 28.4 Å². The summed E-state index contributed by atoms with van der Waals surface area (Å²) >= 11 is 0. The van der Waals surface area contributed by atoms with E-state index in [1.54, 1.807) is 27.4 Å². The van der Waals surface area contributed by atoms with Crippen LogP contribution in [0.2, 0.25) is 0 Å². The predicted molar refractivity (Wildman–Crippen MR) is 216 cm³/mol. The monoisotopic (exact) mass is 778 g/mol. The molecule has 4 aromatic rings. The van der Waals surface area contributed by atoms with E-state index in [-0.39, 0.29) is 30.9 Å². The molecule has 4 aromatic carbocycles. The fourth-order valence-corrected chi connectivity index (χ4v) is 8.13. The Morgan fingerprint density at radius 3 is 2.04 bits per heavy atom. The van der Waals surface area contributed by atoms with Gasteiger partial charge in [0, 0.05) is 43.6 Å². The summed E-state index contributed by atoms with van der Waals surface area (Å²) in [6.07, 6.45) is 3.52. The van der Waals surface area contributed by atoms with Gasteiger partial charge in [-0.2, -0.15) is 0 Å². The van der Waals surface area contributed by atoms with Gasteiger partial charge in [-0.1, -0.05) is 18.2 Å². The van der Waals surface area contributed by atoms with Crippen LogP contribution in [0.3, 0.4) is 0 Å². The van der Waals surface area contributed by atoms with Crippen molar-refractivity contribution in [3.8, 4) is 46.0 Å². The third-order valence-electron chi connectivity index (χ3n) is 11.0. The van der Waals surface area contributed by atoms with Crippen LogP contribution in [-0.4, -0.2) is 75.9 Å². The van der Waals surface area contributed by atoms with Gasteiger partial charge in [0.1, 0.15) is 11.4 Å². The number of hydrogen-bond acceptors (Lipinski definition) is 11. The van der Waals surface area contributed by atoms with Gasteiger partial charge in [-0.25, -0.2) is 0 Å². The van der Waals surface area contributed by atoms with Crippen LogP contribution in [0.15, 0.2) is 60.7 Å². The van der Waals surface area contributed by atoms with E-state index in [1.165, 1.54) is 11.1 Å². The third kappa shape index (κ3) is 8.84. The fourth-order valence-electron chi connectivity index (χ4n) is 8.13. The minimum atomic E-state index is -0.587. The van der Waals surface area contributed by atoms with Crippen molar-refractivity contribution in [1.82, 2.24) is 9.80 Å². The Morgan fingerprint density at radius 2 is 1.33 bits per heavy atom. The Kier molecular flexibility index (Phi) is 11.7. The highest BCUT2D eigenvalue weighted by molar-refractivity contribution is 5.75. The highest BCUT2D eigenvalue weighted by Crippen LogP contribution is 2.52. The molecule has 6 bridgehead atoms. The number of fused-ring (bicyclic) bond motifs is 2. The van der Waals surface area contributed by atoms with E-state index >= 15 is 0 Å². The Bertz CT molecular complexity index is 2120. The first-order valence-corrected chi connectivity index (χ1v) is 19.7. The van der Waals surface area contributed by atoms with Gasteiger partial charge in [0.15, 0.2) is 34.5 Å². The zero-order valence-electron chi connectivity index (χ0n) is 34.4. The molecule has 11 nitrogen and oxygen atoms in total. The number of likely N-dealkylation sites (N-methyl/N-ethyl adjacent to an activating group) is 2. The molecule has 4 heterocycles. The average Bonchev–Trinajstić information content (AvgIpc) is 3.17. The Labute approximate surface area is 335 Å². The number of carbonyl (C=O) groups is 2. The molecule has 8 rings (SSSR count). The first-order chi connectivity index (χ1) is 27.3. The molecule has 0 saturated carbocycles. The topological polar surface area (TPSA) is 105 Å². The van der Waals surface area contributed by atoms with Gasteiger partial charge in [0.05, 0.1) is 21.3 Å². The summed E-state index contributed by atoms with van der Waals surface area (Å²) in [5.41, 5.74) is 6.07. The lowest BCUT2D eigenvalue weighted by atomic mass is 9.87. The summed E-state index contributed by atoms with van der Waals surface area (Å²) in [6, 6.07) is 20.1. The van der Waals surface area contributed by atoms with Crippen molar-refractivity contribution in [1.29, 1.82) is 0 Å². The Hall–Kier alpha value is -5.26. The number of hydrogen-bond donors (Lipinski definition) is 0. The van der Waals surface area contributed by atoms with Crippen LogP contribution in [0.25, 0.3) is 0 Å². The molecule has 2 atom stereocenters. The second kappa shape index (κ2) is 16.7. The number of ether oxygens (including phenoxy) is 7. The number of benzene rings is 4. The largest absolute Gasteiger partial charge is 0.493 e. The summed E-state index contributed by atoms with van der Waals surface area (Å²) in [5, 5.41) is 0. The van der Waals surface area contributed by atoms with Crippen molar-refractivity contribution in [2.24, 2.45) is 0 Å². The van der Waals surface area contributed by atoms with Crippen LogP contribution in [-0.2, 0) is 40.0 Å². The molecule has 0 fully saturated rings. The van der Waals surface area contributed by atoms with E-state index in [0.717, 1.165) is 54.6 Å². The quantitative estimate of drug-likeness (QED) is 0.127. The smallest absolute Gasteiger partial charge is 0.311 e. The van der Waals surface area contributed by atoms with Crippen LogP contribution in [0.1, 0.15) is 85.5 Å². The Morgan fingerprint density at radius 1 is 0.702 bits per heavy atom. The van der Waals surface area contributed by atoms with E-state index < -0.39 is 11.6 Å². The summed E-state index contributed by atoms with van der Waals surface area (Å²) in [4.78, 5) is 30.1. The Balaban J connectivity index is 1.31. The molecule has 4 aliphatic heterocycles. The van der Waals surface area contributed by atoms with Crippen LogP contribution in [0, 0.1) is 0 Å². The zero-order chi connectivity index (χ0) is 40.4. The third-order valence-corrected chi connectivity index (χ3v) is 11.0. The van der Waals surface area contributed by atoms with Crippen LogP contribution in [0.4, 0.5) is 0 Å². The molecule has 2 unspecified atom stereocenters. The highest BCUT2D eigenvalue weighted by Gasteiger charge is 2.35. The SMILES string of the molecule is COc1cc2c3cc1Oc1c(OC)c(OC)cc4c1C(Cc1ccc(OC(=O)CCCC(=O)OC(C)(C)C)c(c1)Oc1ccc(cc1)CC3N(C)CC2)N(C)CC4. The number of methoxy groups -OCH3 is 3. The lowest BCUT2D eigenvalue weighted by Crippen LogP contribution is -2.34. The van der Waals surface area contributed by atoms with Gasteiger partial charge < -0.3 is 33.2 Å². The molecule has 0 aromatic heterocycles. The maximum Gasteiger partial charge on any atom is 0.311 e. The van der Waals surface area contributed by atoms with E-state index in [4.69, 9.17) is 33.2 Å². The fraction of sp³-hybridized carbons (Fsp3) is 0.435. The van der Waals surface area contributed by atoms with Crippen molar-refractivity contribution in [2.75, 3.05) is 48.5 Å². The average molecular weight is 779 g/mol. The molecule has 0 N–H and O–H groups in total. The number of carbonyl (C=O) groups excluding carboxylic acids is 2. The number of rotatable bonds is 8. The lowest BCUT2D eigenvalue weighted by Gasteiger charge is -2.37. The normalized spacial score (nSPS) is 17.9. The zero-order valence-corrected chi connectivity index (χ0v) is 34.4. The minimum Gasteiger partial charge on any atom is -0.493 e. The molecule has 11 heteroatoms. The summed E-state index contributed by atoms with van der Waals surface area (Å²) in [6.45, 7) is 7.19. The molecule has 0 radical (unpaired) electrons. The van der Waals surface area contributed by atoms with Crippen molar-refractivity contribution >= 4 is 11.9 Å². The number of nitrogens with zero attached hydrogens (tertiary/aromatic N) is 2. The molecule has 0 aliphatic carbocycles. The molecule has 0 saturated heterocycles. The van der Waals surface area contributed by atoms with Crippen LogP contribution >= 0.6 is 0 Å². The molecule has 4 aliphatic rings. The van der Waals surface area contributed by atoms with Gasteiger partial charge in [0.2, 0.25) is 5.75 Å². The first kappa shape index (κ1) is 40.0. The summed E-state index contributed by atoms with van der Waals surface area (Å²) < 4.78 is 42.9. The van der Waals surface area contributed by atoms with Gasteiger partial charge in [-0.05, 0) is 137 Å². The molecule has 0 spiro atoms. The van der Waals surface area contributed by atoms with Crippen molar-refractivity contribution in [3.63, 3.8) is 0 Å². The van der Waals surface area contributed by atoms with Gasteiger partial charge >= 0.3 is 11.9 Å². The van der Waals surface area contributed by atoms with Crippen molar-refractivity contribution in [2.45, 2.75) is 83.4 Å². The lowest BCUT2D eigenvalue weighted by molar-refractivity contribution is -0.155. The minimum absolute atomic E-state index is 0.0526. The van der Waals surface area contributed by atoms with Crippen molar-refractivity contribution in [3.05, 3.63) is 94.0 Å². The van der Waals surface area contributed by atoms with E-state index in [2.05, 4.69) is 54.2 Å². The summed E-state index contributed by atoms with van der Waals surface area (Å²) in [5.74, 6) is 3.50. The van der Waals surface area contributed by atoms with Gasteiger partial charge in [-0.3, -0.25) is 19.4 Å². The first-order valence-electron chi connectivity index (χ1n) is 19.7. The maximum atomic E-state index is 13.1. The standard InChI is InChI=1S/C46H54N2O9/c1-46(2,3)57-42(50)11-9-10-41(49)55-36-17-14-29-23-35-43-31(19-21-48(35)5)26-40(52-7)44(53-8)45(43)56-39-27-33-30(25-37(39)51-6)18-20-47(4)34(33)22-28-12-15-32(16-13-28)54-38(36)24-29/h12-17,24-27,34-35H,9-11,18-23H2,1-8H3. The van der Waals surface area contributed by atoms with E-state index in [1.807, 2.05) is 45.0 Å².